The molecule has 33 heavy (non-hydrogen) atoms. The van der Waals surface area contributed by atoms with Gasteiger partial charge in [-0.1, -0.05) is 38.2 Å². The molecule has 1 heterocycles. The molecule has 8 heteroatoms. The summed E-state index contributed by atoms with van der Waals surface area (Å²) in [5.74, 6) is 3.57. The Labute approximate surface area is 206 Å². The fourth-order valence-corrected chi connectivity index (χ4v) is 6.46. The predicted molar refractivity (Wildman–Crippen MR) is 131 cm³/mol. The van der Waals surface area contributed by atoms with Gasteiger partial charge in [0.05, 0.1) is 13.2 Å². The summed E-state index contributed by atoms with van der Waals surface area (Å²) in [6.07, 6.45) is 7.88. The van der Waals surface area contributed by atoms with Crippen LogP contribution in [0.3, 0.4) is 0 Å². The van der Waals surface area contributed by atoms with Crippen LogP contribution < -0.4 is 4.74 Å². The van der Waals surface area contributed by atoms with Crippen molar-refractivity contribution in [3.05, 3.63) is 29.3 Å². The van der Waals surface area contributed by atoms with E-state index >= 15 is 0 Å². The molecule has 180 valence electrons. The Morgan fingerprint density at radius 1 is 1.33 bits per heavy atom. The lowest BCUT2D eigenvalue weighted by Crippen LogP contribution is -2.66. The van der Waals surface area contributed by atoms with Crippen molar-refractivity contribution in [1.82, 2.24) is 0 Å². The highest BCUT2D eigenvalue weighted by atomic mass is 35.5. The summed E-state index contributed by atoms with van der Waals surface area (Å²) in [6.45, 7) is 7.72. The van der Waals surface area contributed by atoms with E-state index in [-0.39, 0.29) is 23.8 Å². The molecule has 4 aliphatic rings. The number of benzene rings is 1. The third-order valence-corrected chi connectivity index (χ3v) is 8.56. The Morgan fingerprint density at radius 3 is 2.58 bits per heavy atom. The molecule has 0 aromatic heterocycles. The number of alkyl halides is 2. The Hall–Kier alpha value is -1.39. The van der Waals surface area contributed by atoms with Crippen LogP contribution in [0.25, 0.3) is 0 Å². The third kappa shape index (κ3) is 3.86. The van der Waals surface area contributed by atoms with Gasteiger partial charge >= 0.3 is 5.97 Å². The van der Waals surface area contributed by atoms with Crippen molar-refractivity contribution in [3.63, 3.8) is 0 Å². The van der Waals surface area contributed by atoms with Gasteiger partial charge in [0.1, 0.15) is 22.5 Å². The number of terminal acetylenes is 1. The number of carbonyl (C=O) groups excluding carboxylic acids is 1. The van der Waals surface area contributed by atoms with E-state index in [2.05, 4.69) is 19.8 Å². The lowest BCUT2D eigenvalue weighted by molar-refractivity contribution is -0.182. The standard InChI is InChI=1S/C25H32BCl2O5/c1-8-25-18-12-16(24(18,5)6)13-19(25)32-26(33-25,22(27)28)14-15-10-9-11-17(20(15)30-7)21(29)31-23(2,3)4/h1,9-11,16,18-19,22H,12-14H2,2-7H3/q-1/t16-,18-,19+,25-,26?/m0/s1. The summed E-state index contributed by atoms with van der Waals surface area (Å²) < 4.78 is 23.5. The van der Waals surface area contributed by atoms with Crippen LogP contribution in [-0.2, 0) is 20.4 Å². The molecule has 3 aliphatic carbocycles. The van der Waals surface area contributed by atoms with Gasteiger partial charge < -0.3 is 18.8 Å². The van der Waals surface area contributed by atoms with Crippen LogP contribution in [0.5, 0.6) is 5.75 Å². The van der Waals surface area contributed by atoms with Crippen LogP contribution in [0.1, 0.15) is 63.4 Å². The first kappa shape index (κ1) is 24.7. The molecule has 1 aromatic carbocycles. The fraction of sp³-hybridized carbons (Fsp3) is 0.640. The number of para-hydroxylation sites is 1. The molecule has 4 fully saturated rings. The summed E-state index contributed by atoms with van der Waals surface area (Å²) in [6, 6.07) is 5.30. The van der Waals surface area contributed by atoms with E-state index in [4.69, 9.17) is 48.4 Å². The van der Waals surface area contributed by atoms with Crippen LogP contribution in [0.15, 0.2) is 18.2 Å². The van der Waals surface area contributed by atoms with E-state index in [0.29, 0.717) is 22.8 Å². The number of hydrogen-bond acceptors (Lipinski definition) is 5. The molecule has 0 spiro atoms. The number of rotatable bonds is 5. The molecule has 1 aromatic rings. The smallest absolute Gasteiger partial charge is 0.342 e. The van der Waals surface area contributed by atoms with E-state index in [1.807, 2.05) is 26.8 Å². The maximum atomic E-state index is 12.8. The number of methoxy groups -OCH3 is 1. The zero-order valence-electron chi connectivity index (χ0n) is 20.1. The maximum Gasteiger partial charge on any atom is 0.342 e. The molecule has 1 saturated heterocycles. The second kappa shape index (κ2) is 8.09. The Morgan fingerprint density at radius 2 is 2.03 bits per heavy atom. The summed E-state index contributed by atoms with van der Waals surface area (Å²) in [5, 5.41) is 0. The van der Waals surface area contributed by atoms with Crippen LogP contribution >= 0.6 is 23.2 Å². The fourth-order valence-electron chi connectivity index (χ4n) is 6.06. The minimum absolute atomic E-state index is 0.0703. The minimum Gasteiger partial charge on any atom is -0.561 e. The SMILES string of the molecule is C#C[C@@]12O[B-](Cc3cccc(C(=O)OC(C)(C)C)c3OC)(C(Cl)Cl)O[C@@H]1C[C@@H]1C[C@H]2C1(C)C. The van der Waals surface area contributed by atoms with Crippen LogP contribution in [-0.4, -0.2) is 41.7 Å². The van der Waals surface area contributed by atoms with E-state index in [1.54, 1.807) is 12.1 Å². The van der Waals surface area contributed by atoms with Gasteiger partial charge in [-0.15, -0.1) is 29.6 Å². The monoisotopic (exact) mass is 493 g/mol. The Kier molecular flexibility index (Phi) is 6.06. The van der Waals surface area contributed by atoms with Gasteiger partial charge in [-0.3, -0.25) is 0 Å². The largest absolute Gasteiger partial charge is 0.561 e. The van der Waals surface area contributed by atoms with E-state index in [9.17, 15) is 4.79 Å². The van der Waals surface area contributed by atoms with E-state index < -0.39 is 28.5 Å². The van der Waals surface area contributed by atoms with Gasteiger partial charge in [0.25, 0.3) is 6.55 Å². The summed E-state index contributed by atoms with van der Waals surface area (Å²) >= 11 is 13.1. The van der Waals surface area contributed by atoms with Gasteiger partial charge in [0.2, 0.25) is 0 Å². The van der Waals surface area contributed by atoms with Crippen LogP contribution in [0, 0.1) is 29.6 Å². The first-order valence-electron chi connectivity index (χ1n) is 11.5. The van der Waals surface area contributed by atoms with Crippen molar-refractivity contribution < 1.29 is 23.6 Å². The molecule has 1 unspecified atom stereocenters. The second-order valence-electron chi connectivity index (χ2n) is 11.2. The third-order valence-electron chi connectivity index (χ3n) is 7.79. The summed E-state index contributed by atoms with van der Waals surface area (Å²) in [7, 11) is 1.52. The molecule has 5 atom stereocenters. The predicted octanol–water partition coefficient (Wildman–Crippen LogP) is 5.37. The molecule has 0 N–H and O–H groups in total. The van der Waals surface area contributed by atoms with Crippen molar-refractivity contribution >= 4 is 35.7 Å². The van der Waals surface area contributed by atoms with Gasteiger partial charge in [-0.25, -0.2) is 4.79 Å². The van der Waals surface area contributed by atoms with Crippen molar-refractivity contribution in [2.75, 3.05) is 7.11 Å². The molecular formula is C25H32BCl2O5-. The van der Waals surface area contributed by atoms with Gasteiger partial charge in [-0.2, -0.15) is 0 Å². The lowest BCUT2D eigenvalue weighted by Gasteiger charge is -2.65. The molecular weight excluding hydrogens is 462 g/mol. The van der Waals surface area contributed by atoms with Crippen molar-refractivity contribution in [2.24, 2.45) is 17.3 Å². The first-order valence-corrected chi connectivity index (χ1v) is 12.4. The Bertz CT molecular complexity index is 997. The highest BCUT2D eigenvalue weighted by molar-refractivity contribution is 6.85. The van der Waals surface area contributed by atoms with Crippen LogP contribution in [0.4, 0.5) is 0 Å². The van der Waals surface area contributed by atoms with E-state index in [0.717, 1.165) is 12.8 Å². The topological polar surface area (TPSA) is 54.0 Å². The summed E-state index contributed by atoms with van der Waals surface area (Å²) in [4.78, 5) is 12.8. The molecule has 3 saturated carbocycles. The van der Waals surface area contributed by atoms with Crippen molar-refractivity contribution in [1.29, 1.82) is 0 Å². The number of esters is 1. The van der Waals surface area contributed by atoms with Gasteiger partial charge in [0, 0.05) is 10.7 Å². The van der Waals surface area contributed by atoms with Gasteiger partial charge in [0.15, 0.2) is 0 Å². The minimum atomic E-state index is -2.21. The number of hydrogen-bond donors (Lipinski definition) is 0. The number of ether oxygens (including phenoxy) is 2. The van der Waals surface area contributed by atoms with Crippen molar-refractivity contribution in [3.8, 4) is 18.1 Å². The quantitative estimate of drug-likeness (QED) is 0.239. The molecule has 1 aliphatic heterocycles. The zero-order chi connectivity index (χ0) is 24.4. The Balaban J connectivity index is 1.70. The van der Waals surface area contributed by atoms with Crippen LogP contribution in [0.2, 0.25) is 0 Å². The average molecular weight is 494 g/mol. The normalized spacial score (nSPS) is 34.2. The molecule has 5 rings (SSSR count). The molecule has 2 bridgehead atoms. The highest BCUT2D eigenvalue weighted by Crippen LogP contribution is 2.67. The lowest BCUT2D eigenvalue weighted by atomic mass is 9.43. The molecule has 0 amide bonds. The molecule has 5 nitrogen and oxygen atoms in total. The number of halogens is 2. The first-order chi connectivity index (χ1) is 15.3. The van der Waals surface area contributed by atoms with Gasteiger partial charge in [-0.05, 0) is 56.6 Å². The average Bonchev–Trinajstić information content (AvgIpc) is 3.08. The zero-order valence-corrected chi connectivity index (χ0v) is 21.6. The summed E-state index contributed by atoms with van der Waals surface area (Å²) in [5.41, 5.74) is -0.413. The second-order valence-corrected chi connectivity index (χ2v) is 12.4. The van der Waals surface area contributed by atoms with Crippen molar-refractivity contribution in [2.45, 2.75) is 75.8 Å². The maximum absolute atomic E-state index is 12.8. The highest BCUT2D eigenvalue weighted by Gasteiger charge is 2.69. The molecule has 0 radical (unpaired) electrons. The number of carbonyl (C=O) groups is 1. The van der Waals surface area contributed by atoms with E-state index in [1.165, 1.54) is 7.11 Å².